The molecule has 88 valence electrons. The standard InChI is InChI=1S/C12H17ClN2O/c13-12-10(3-2-6-14-12)9-15(7-8-16)11-4-1-5-11/h2-3,6,11,16H,1,4-5,7-9H2. The molecule has 0 radical (unpaired) electrons. The predicted molar refractivity (Wildman–Crippen MR) is 64.4 cm³/mol. The summed E-state index contributed by atoms with van der Waals surface area (Å²) >= 11 is 6.03. The number of hydrogen-bond acceptors (Lipinski definition) is 3. The second-order valence-electron chi connectivity index (χ2n) is 4.23. The average Bonchev–Trinajstić information content (AvgIpc) is 2.19. The maximum atomic E-state index is 9.06. The first-order chi connectivity index (χ1) is 7.81. The van der Waals surface area contributed by atoms with Crippen LogP contribution in [0.2, 0.25) is 5.15 Å². The number of aliphatic hydroxyl groups is 1. The van der Waals surface area contributed by atoms with Gasteiger partial charge in [-0.15, -0.1) is 0 Å². The zero-order chi connectivity index (χ0) is 11.4. The van der Waals surface area contributed by atoms with Crippen LogP contribution in [0.15, 0.2) is 18.3 Å². The summed E-state index contributed by atoms with van der Waals surface area (Å²) in [6, 6.07) is 4.51. The molecule has 0 spiro atoms. The Hall–Kier alpha value is -0.640. The number of halogens is 1. The van der Waals surface area contributed by atoms with Gasteiger partial charge in [0.25, 0.3) is 0 Å². The van der Waals surface area contributed by atoms with Gasteiger partial charge < -0.3 is 5.11 Å². The average molecular weight is 241 g/mol. The lowest BCUT2D eigenvalue weighted by Gasteiger charge is -2.37. The zero-order valence-corrected chi connectivity index (χ0v) is 10.0. The lowest BCUT2D eigenvalue weighted by atomic mass is 9.91. The van der Waals surface area contributed by atoms with Crippen molar-refractivity contribution in [1.29, 1.82) is 0 Å². The first-order valence-corrected chi connectivity index (χ1v) is 6.13. The summed E-state index contributed by atoms with van der Waals surface area (Å²) < 4.78 is 0. The molecule has 1 aromatic rings. The highest BCUT2D eigenvalue weighted by Crippen LogP contribution is 2.26. The molecule has 1 fully saturated rings. The zero-order valence-electron chi connectivity index (χ0n) is 9.27. The van der Waals surface area contributed by atoms with Crippen LogP contribution < -0.4 is 0 Å². The number of hydrogen-bond donors (Lipinski definition) is 1. The highest BCUT2D eigenvalue weighted by Gasteiger charge is 2.24. The van der Waals surface area contributed by atoms with Crippen LogP contribution >= 0.6 is 11.6 Å². The van der Waals surface area contributed by atoms with Gasteiger partial charge in [-0.1, -0.05) is 24.1 Å². The van der Waals surface area contributed by atoms with Gasteiger partial charge in [0.2, 0.25) is 0 Å². The van der Waals surface area contributed by atoms with E-state index in [4.69, 9.17) is 16.7 Å². The third-order valence-electron chi connectivity index (χ3n) is 3.19. The number of aromatic nitrogens is 1. The minimum Gasteiger partial charge on any atom is -0.395 e. The van der Waals surface area contributed by atoms with Crippen LogP contribution in [0.3, 0.4) is 0 Å². The molecule has 3 nitrogen and oxygen atoms in total. The van der Waals surface area contributed by atoms with E-state index < -0.39 is 0 Å². The van der Waals surface area contributed by atoms with Crippen molar-refractivity contribution >= 4 is 11.6 Å². The van der Waals surface area contributed by atoms with Gasteiger partial charge in [0.15, 0.2) is 0 Å². The number of aliphatic hydroxyl groups excluding tert-OH is 1. The molecular weight excluding hydrogens is 224 g/mol. The van der Waals surface area contributed by atoms with E-state index >= 15 is 0 Å². The van der Waals surface area contributed by atoms with E-state index in [-0.39, 0.29) is 6.61 Å². The molecule has 0 atom stereocenters. The minimum absolute atomic E-state index is 0.203. The summed E-state index contributed by atoms with van der Waals surface area (Å²) in [6.45, 7) is 1.71. The Morgan fingerprint density at radius 3 is 2.88 bits per heavy atom. The second kappa shape index (κ2) is 5.62. The maximum absolute atomic E-state index is 9.06. The van der Waals surface area contributed by atoms with Gasteiger partial charge >= 0.3 is 0 Å². The smallest absolute Gasteiger partial charge is 0.133 e. The molecule has 0 saturated heterocycles. The normalized spacial score (nSPS) is 16.4. The Morgan fingerprint density at radius 2 is 2.31 bits per heavy atom. The van der Waals surface area contributed by atoms with Crippen LogP contribution in [0, 0.1) is 0 Å². The molecule has 1 heterocycles. The third kappa shape index (κ3) is 2.73. The van der Waals surface area contributed by atoms with Crippen LogP contribution in [-0.2, 0) is 6.54 Å². The van der Waals surface area contributed by atoms with E-state index in [1.165, 1.54) is 19.3 Å². The highest BCUT2D eigenvalue weighted by atomic mass is 35.5. The Morgan fingerprint density at radius 1 is 1.50 bits per heavy atom. The van der Waals surface area contributed by atoms with Gasteiger partial charge in [-0.05, 0) is 18.9 Å². The molecule has 0 aromatic carbocycles. The van der Waals surface area contributed by atoms with Crippen molar-refractivity contribution < 1.29 is 5.11 Å². The SMILES string of the molecule is OCCN(Cc1cccnc1Cl)C1CCC1. The van der Waals surface area contributed by atoms with Gasteiger partial charge in [-0.2, -0.15) is 0 Å². The van der Waals surface area contributed by atoms with Crippen LogP contribution in [0.1, 0.15) is 24.8 Å². The number of nitrogens with zero attached hydrogens (tertiary/aromatic N) is 2. The molecule has 0 aliphatic heterocycles. The van der Waals surface area contributed by atoms with E-state index in [0.29, 0.717) is 11.2 Å². The first-order valence-electron chi connectivity index (χ1n) is 5.75. The summed E-state index contributed by atoms with van der Waals surface area (Å²) in [5.74, 6) is 0. The summed E-state index contributed by atoms with van der Waals surface area (Å²) in [4.78, 5) is 6.37. The van der Waals surface area contributed by atoms with E-state index in [1.807, 2.05) is 12.1 Å². The largest absolute Gasteiger partial charge is 0.395 e. The number of rotatable bonds is 5. The summed E-state index contributed by atoms with van der Waals surface area (Å²) in [5, 5.41) is 9.64. The van der Waals surface area contributed by atoms with E-state index in [2.05, 4.69) is 9.88 Å². The van der Waals surface area contributed by atoms with Gasteiger partial charge in [-0.3, -0.25) is 4.90 Å². The topological polar surface area (TPSA) is 36.4 Å². The van der Waals surface area contributed by atoms with Crippen molar-refractivity contribution in [2.45, 2.75) is 31.8 Å². The van der Waals surface area contributed by atoms with Gasteiger partial charge in [0.1, 0.15) is 5.15 Å². The van der Waals surface area contributed by atoms with E-state index in [1.54, 1.807) is 6.20 Å². The fourth-order valence-electron chi connectivity index (χ4n) is 2.03. The molecule has 1 N–H and O–H groups in total. The third-order valence-corrected chi connectivity index (χ3v) is 3.53. The lowest BCUT2D eigenvalue weighted by Crippen LogP contribution is -2.41. The molecule has 4 heteroatoms. The van der Waals surface area contributed by atoms with Crippen LogP contribution in [0.5, 0.6) is 0 Å². The van der Waals surface area contributed by atoms with Crippen LogP contribution in [0.25, 0.3) is 0 Å². The van der Waals surface area contributed by atoms with Crippen molar-refractivity contribution in [2.24, 2.45) is 0 Å². The summed E-state index contributed by atoms with van der Waals surface area (Å²) in [6.07, 6.45) is 5.47. The Bertz CT molecular complexity index is 342. The van der Waals surface area contributed by atoms with Crippen molar-refractivity contribution in [3.05, 3.63) is 29.0 Å². The highest BCUT2D eigenvalue weighted by molar-refractivity contribution is 6.30. The van der Waals surface area contributed by atoms with Gasteiger partial charge in [0, 0.05) is 30.9 Å². The van der Waals surface area contributed by atoms with Crippen molar-refractivity contribution in [1.82, 2.24) is 9.88 Å². The molecule has 1 aliphatic carbocycles. The Balaban J connectivity index is 2.01. The molecule has 1 aromatic heterocycles. The Labute approximate surface area is 101 Å². The van der Waals surface area contributed by atoms with Gasteiger partial charge in [-0.25, -0.2) is 4.98 Å². The molecule has 0 unspecified atom stereocenters. The molecule has 2 rings (SSSR count). The number of pyridine rings is 1. The van der Waals surface area contributed by atoms with E-state index in [0.717, 1.165) is 18.7 Å². The molecule has 0 amide bonds. The first kappa shape index (κ1) is 11.8. The monoisotopic (exact) mass is 240 g/mol. The van der Waals surface area contributed by atoms with Gasteiger partial charge in [0.05, 0.1) is 6.61 Å². The molecular formula is C12H17ClN2O. The second-order valence-corrected chi connectivity index (χ2v) is 4.59. The predicted octanol–water partition coefficient (Wildman–Crippen LogP) is 2.08. The maximum Gasteiger partial charge on any atom is 0.133 e. The fraction of sp³-hybridized carbons (Fsp3) is 0.583. The van der Waals surface area contributed by atoms with Crippen LogP contribution in [0.4, 0.5) is 0 Å². The summed E-state index contributed by atoms with van der Waals surface area (Å²) in [5.41, 5.74) is 1.05. The van der Waals surface area contributed by atoms with Crippen LogP contribution in [-0.4, -0.2) is 34.2 Å². The van der Waals surface area contributed by atoms with Crippen molar-refractivity contribution in [3.63, 3.8) is 0 Å². The fourth-order valence-corrected chi connectivity index (χ4v) is 2.21. The molecule has 0 bridgehead atoms. The quantitative estimate of drug-likeness (QED) is 0.801. The van der Waals surface area contributed by atoms with E-state index in [9.17, 15) is 0 Å². The Kier molecular flexibility index (Phi) is 4.16. The molecule has 1 saturated carbocycles. The lowest BCUT2D eigenvalue weighted by molar-refractivity contribution is 0.0945. The van der Waals surface area contributed by atoms with Crippen molar-refractivity contribution in [2.75, 3.05) is 13.2 Å². The van der Waals surface area contributed by atoms with Crippen molar-refractivity contribution in [3.8, 4) is 0 Å². The molecule has 16 heavy (non-hydrogen) atoms. The summed E-state index contributed by atoms with van der Waals surface area (Å²) in [7, 11) is 0. The molecule has 1 aliphatic rings. The minimum atomic E-state index is 0.203.